The Morgan fingerprint density at radius 1 is 1.53 bits per heavy atom. The maximum absolute atomic E-state index is 11.9. The van der Waals surface area contributed by atoms with Crippen LogP contribution >= 0.6 is 0 Å². The lowest BCUT2D eigenvalue weighted by Gasteiger charge is -2.42. The van der Waals surface area contributed by atoms with Crippen molar-refractivity contribution in [3.8, 4) is 0 Å². The molecule has 2 fully saturated rings. The average molecular weight is 206 g/mol. The highest BCUT2D eigenvalue weighted by atomic mass is 16.5. The molecule has 0 heterocycles. The van der Waals surface area contributed by atoms with Crippen LogP contribution in [0.1, 0.15) is 33.1 Å². The maximum Gasteiger partial charge on any atom is 0.147 e. The molecular formula is C13H18O2. The first-order chi connectivity index (χ1) is 7.11. The fourth-order valence-electron chi connectivity index (χ4n) is 3.00. The summed E-state index contributed by atoms with van der Waals surface area (Å²) in [4.78, 5) is 11.9. The Hall–Kier alpha value is -1.05. The van der Waals surface area contributed by atoms with Gasteiger partial charge >= 0.3 is 0 Å². The molecule has 2 saturated carbocycles. The van der Waals surface area contributed by atoms with Crippen LogP contribution in [0.3, 0.4) is 0 Å². The van der Waals surface area contributed by atoms with Gasteiger partial charge < -0.3 is 4.74 Å². The molecule has 82 valence electrons. The first kappa shape index (κ1) is 10.5. The van der Waals surface area contributed by atoms with E-state index in [2.05, 4.69) is 19.9 Å². The van der Waals surface area contributed by atoms with Crippen LogP contribution in [0.4, 0.5) is 0 Å². The van der Waals surface area contributed by atoms with Crippen LogP contribution in [0, 0.1) is 11.3 Å². The number of hydrogen-bond acceptors (Lipinski definition) is 2. The molecule has 0 aromatic rings. The second kappa shape index (κ2) is 3.51. The van der Waals surface area contributed by atoms with Gasteiger partial charge in [-0.1, -0.05) is 11.6 Å². The van der Waals surface area contributed by atoms with E-state index in [0.717, 1.165) is 19.3 Å². The zero-order valence-corrected chi connectivity index (χ0v) is 9.67. The van der Waals surface area contributed by atoms with E-state index in [1.54, 1.807) is 13.4 Å². The number of fused-ring (bicyclic) bond motifs is 1. The van der Waals surface area contributed by atoms with Crippen LogP contribution in [-0.2, 0) is 9.53 Å². The summed E-state index contributed by atoms with van der Waals surface area (Å²) in [6.07, 6.45) is 6.81. The lowest BCUT2D eigenvalue weighted by atomic mass is 9.59. The standard InChI is InChI=1S/C13H18O2/c1-9(2)7-13-10(6-12(13)14)4-5-11(13)8-15-3/h7-8,10H,4-6H2,1-3H3/b11-8+/t10?,13-/m1/s1. The van der Waals surface area contributed by atoms with Crippen molar-refractivity contribution in [2.24, 2.45) is 11.3 Å². The van der Waals surface area contributed by atoms with E-state index in [1.807, 2.05) is 0 Å². The normalized spacial score (nSPS) is 36.1. The van der Waals surface area contributed by atoms with Crippen molar-refractivity contribution in [1.82, 2.24) is 0 Å². The smallest absolute Gasteiger partial charge is 0.147 e. The van der Waals surface area contributed by atoms with Gasteiger partial charge in [0.2, 0.25) is 0 Å². The molecule has 0 saturated heterocycles. The highest BCUT2D eigenvalue weighted by Crippen LogP contribution is 2.59. The highest BCUT2D eigenvalue weighted by molar-refractivity contribution is 5.97. The average Bonchev–Trinajstić information content (AvgIpc) is 2.42. The van der Waals surface area contributed by atoms with Gasteiger partial charge in [0.15, 0.2) is 0 Å². The van der Waals surface area contributed by atoms with E-state index in [1.165, 1.54) is 11.1 Å². The minimum absolute atomic E-state index is 0.283. The summed E-state index contributed by atoms with van der Waals surface area (Å²) in [6, 6.07) is 0. The molecule has 0 spiro atoms. The van der Waals surface area contributed by atoms with Gasteiger partial charge in [-0.25, -0.2) is 0 Å². The van der Waals surface area contributed by atoms with Gasteiger partial charge in [0.1, 0.15) is 5.78 Å². The summed E-state index contributed by atoms with van der Waals surface area (Å²) in [7, 11) is 1.65. The Balaban J connectivity index is 2.41. The molecule has 1 unspecified atom stereocenters. The highest BCUT2D eigenvalue weighted by Gasteiger charge is 2.58. The number of carbonyl (C=O) groups is 1. The van der Waals surface area contributed by atoms with Gasteiger partial charge in [0.05, 0.1) is 18.8 Å². The molecule has 2 aliphatic carbocycles. The number of rotatable bonds is 2. The lowest BCUT2D eigenvalue weighted by molar-refractivity contribution is -0.136. The molecule has 0 bridgehead atoms. The summed E-state index contributed by atoms with van der Waals surface area (Å²) < 4.78 is 5.09. The minimum atomic E-state index is -0.283. The van der Waals surface area contributed by atoms with Crippen molar-refractivity contribution in [2.45, 2.75) is 33.1 Å². The molecule has 0 aliphatic heterocycles. The fourth-order valence-corrected chi connectivity index (χ4v) is 3.00. The van der Waals surface area contributed by atoms with Crippen LogP contribution in [0.25, 0.3) is 0 Å². The third kappa shape index (κ3) is 1.35. The Morgan fingerprint density at radius 2 is 2.27 bits per heavy atom. The molecule has 0 N–H and O–H groups in total. The van der Waals surface area contributed by atoms with Gasteiger partial charge in [-0.15, -0.1) is 0 Å². The molecule has 2 atom stereocenters. The number of hydrogen-bond donors (Lipinski definition) is 0. The number of Topliss-reactive ketones (excluding diaryl/α,β-unsaturated/α-hetero) is 1. The number of ether oxygens (including phenoxy) is 1. The first-order valence-electron chi connectivity index (χ1n) is 5.53. The van der Waals surface area contributed by atoms with Crippen molar-refractivity contribution in [3.05, 3.63) is 23.5 Å². The van der Waals surface area contributed by atoms with Crippen molar-refractivity contribution < 1.29 is 9.53 Å². The minimum Gasteiger partial charge on any atom is -0.504 e. The van der Waals surface area contributed by atoms with Crippen molar-refractivity contribution in [3.63, 3.8) is 0 Å². The summed E-state index contributed by atoms with van der Waals surface area (Å²) in [6.45, 7) is 4.11. The van der Waals surface area contributed by atoms with E-state index in [0.29, 0.717) is 11.7 Å². The van der Waals surface area contributed by atoms with E-state index in [9.17, 15) is 4.79 Å². The van der Waals surface area contributed by atoms with Gasteiger partial charge in [-0.3, -0.25) is 4.79 Å². The Morgan fingerprint density at radius 3 is 2.80 bits per heavy atom. The third-order valence-electron chi connectivity index (χ3n) is 3.61. The molecule has 2 rings (SSSR count). The Kier molecular flexibility index (Phi) is 2.45. The predicted molar refractivity (Wildman–Crippen MR) is 59.3 cm³/mol. The SMILES string of the molecule is CO/C=C1\CCC2CC(=O)[C@@]12C=C(C)C. The summed E-state index contributed by atoms with van der Waals surface area (Å²) in [5, 5.41) is 0. The second-order valence-electron chi connectivity index (χ2n) is 4.83. The fraction of sp³-hybridized carbons (Fsp3) is 0.615. The Labute approximate surface area is 91.0 Å². The quantitative estimate of drug-likeness (QED) is 0.513. The van der Waals surface area contributed by atoms with Crippen molar-refractivity contribution >= 4 is 5.78 Å². The molecule has 15 heavy (non-hydrogen) atoms. The first-order valence-corrected chi connectivity index (χ1v) is 5.53. The van der Waals surface area contributed by atoms with E-state index in [-0.39, 0.29) is 5.41 Å². The third-order valence-corrected chi connectivity index (χ3v) is 3.61. The van der Waals surface area contributed by atoms with Crippen LogP contribution in [0.2, 0.25) is 0 Å². The molecule has 2 heteroatoms. The number of allylic oxidation sites excluding steroid dienone is 3. The van der Waals surface area contributed by atoms with Crippen molar-refractivity contribution in [2.75, 3.05) is 7.11 Å². The predicted octanol–water partition coefficient (Wildman–Crippen LogP) is 2.85. The maximum atomic E-state index is 11.9. The zero-order valence-electron chi connectivity index (χ0n) is 9.67. The Bertz CT molecular complexity index is 348. The van der Waals surface area contributed by atoms with Crippen molar-refractivity contribution in [1.29, 1.82) is 0 Å². The van der Waals surface area contributed by atoms with Crippen LogP contribution in [0.15, 0.2) is 23.5 Å². The van der Waals surface area contributed by atoms with Crippen LogP contribution in [-0.4, -0.2) is 12.9 Å². The molecule has 2 nitrogen and oxygen atoms in total. The van der Waals surface area contributed by atoms with Gasteiger partial charge in [-0.05, 0) is 38.2 Å². The summed E-state index contributed by atoms with van der Waals surface area (Å²) in [5.74, 6) is 0.899. The number of ketones is 1. The van der Waals surface area contributed by atoms with Crippen LogP contribution in [0.5, 0.6) is 0 Å². The van der Waals surface area contributed by atoms with E-state index in [4.69, 9.17) is 4.74 Å². The van der Waals surface area contributed by atoms with E-state index >= 15 is 0 Å². The summed E-state index contributed by atoms with van der Waals surface area (Å²) in [5.41, 5.74) is 2.11. The topological polar surface area (TPSA) is 26.3 Å². The molecular weight excluding hydrogens is 188 g/mol. The lowest BCUT2D eigenvalue weighted by Crippen LogP contribution is -2.46. The zero-order chi connectivity index (χ0) is 11.1. The van der Waals surface area contributed by atoms with Gasteiger partial charge in [-0.2, -0.15) is 0 Å². The second-order valence-corrected chi connectivity index (χ2v) is 4.83. The van der Waals surface area contributed by atoms with Crippen LogP contribution < -0.4 is 0 Å². The van der Waals surface area contributed by atoms with E-state index < -0.39 is 0 Å². The molecule has 0 aromatic heterocycles. The molecule has 0 amide bonds. The monoisotopic (exact) mass is 206 g/mol. The summed E-state index contributed by atoms with van der Waals surface area (Å²) >= 11 is 0. The van der Waals surface area contributed by atoms with Gasteiger partial charge in [0, 0.05) is 6.42 Å². The number of carbonyl (C=O) groups excluding carboxylic acids is 1. The van der Waals surface area contributed by atoms with Gasteiger partial charge in [0.25, 0.3) is 0 Å². The molecule has 0 radical (unpaired) electrons. The largest absolute Gasteiger partial charge is 0.504 e. The number of methoxy groups -OCH3 is 1. The molecule has 2 aliphatic rings. The molecule has 0 aromatic carbocycles.